The molecule has 2 unspecified atom stereocenters. The summed E-state index contributed by atoms with van der Waals surface area (Å²) in [6.45, 7) is 6.45. The van der Waals surface area contributed by atoms with Crippen LogP contribution in [0.4, 0.5) is 4.39 Å². The average Bonchev–Trinajstić information content (AvgIpc) is 2.84. The van der Waals surface area contributed by atoms with Gasteiger partial charge in [-0.2, -0.15) is 0 Å². The van der Waals surface area contributed by atoms with E-state index in [0.717, 1.165) is 46.9 Å². The molecule has 6 heteroatoms. The number of fused-ring (bicyclic) bond motifs is 2. The third kappa shape index (κ3) is 3.90. The van der Waals surface area contributed by atoms with E-state index in [1.807, 2.05) is 26.0 Å². The molecular formula is C27H31FN2O3. The van der Waals surface area contributed by atoms with Gasteiger partial charge in [0.1, 0.15) is 12.1 Å². The van der Waals surface area contributed by atoms with Gasteiger partial charge in [0.15, 0.2) is 0 Å². The Balaban J connectivity index is 2.04. The van der Waals surface area contributed by atoms with Crippen molar-refractivity contribution in [2.24, 2.45) is 5.92 Å². The predicted octanol–water partition coefficient (Wildman–Crippen LogP) is 4.89. The summed E-state index contributed by atoms with van der Waals surface area (Å²) in [6.07, 6.45) is 6.91. The second-order valence-corrected chi connectivity index (χ2v) is 9.20. The van der Waals surface area contributed by atoms with Gasteiger partial charge in [0.05, 0.1) is 17.8 Å². The van der Waals surface area contributed by atoms with Crippen LogP contribution in [-0.4, -0.2) is 42.8 Å². The second kappa shape index (κ2) is 9.18. The van der Waals surface area contributed by atoms with Crippen molar-refractivity contribution in [3.05, 3.63) is 57.1 Å². The third-order valence-electron chi connectivity index (χ3n) is 7.16. The number of nitrogens with zero attached hydrogens (tertiary/aromatic N) is 2. The lowest BCUT2D eigenvalue weighted by Crippen LogP contribution is -2.31. The Labute approximate surface area is 194 Å². The molecule has 1 aliphatic heterocycles. The summed E-state index contributed by atoms with van der Waals surface area (Å²) in [5.74, 6) is -0.547. The van der Waals surface area contributed by atoms with Crippen LogP contribution >= 0.6 is 0 Å². The Kier molecular flexibility index (Phi) is 6.48. The van der Waals surface area contributed by atoms with E-state index in [0.29, 0.717) is 35.2 Å². The molecule has 0 N–H and O–H groups in total. The molecule has 0 spiro atoms. The Morgan fingerprint density at radius 3 is 2.76 bits per heavy atom. The summed E-state index contributed by atoms with van der Waals surface area (Å²) in [7, 11) is 3.32. The van der Waals surface area contributed by atoms with Crippen molar-refractivity contribution in [2.45, 2.75) is 52.5 Å². The Morgan fingerprint density at radius 2 is 2.09 bits per heavy atom. The van der Waals surface area contributed by atoms with Crippen molar-refractivity contribution in [1.29, 1.82) is 0 Å². The van der Waals surface area contributed by atoms with Gasteiger partial charge < -0.3 is 14.4 Å². The van der Waals surface area contributed by atoms with Crippen molar-refractivity contribution >= 4 is 29.2 Å². The molecule has 4 rings (SSSR count). The van der Waals surface area contributed by atoms with Gasteiger partial charge in [-0.25, -0.2) is 9.37 Å². The van der Waals surface area contributed by atoms with Crippen LogP contribution < -0.4 is 0 Å². The number of amides is 1. The number of halogens is 1. The van der Waals surface area contributed by atoms with Gasteiger partial charge in [-0.05, 0) is 60.4 Å². The van der Waals surface area contributed by atoms with Crippen LogP contribution in [0.3, 0.4) is 0 Å². The van der Waals surface area contributed by atoms with E-state index in [2.05, 4.69) is 6.92 Å². The monoisotopic (exact) mass is 450 g/mol. The first kappa shape index (κ1) is 23.3. The number of hydrogen-bond donors (Lipinski definition) is 0. The average molecular weight is 451 g/mol. The maximum atomic E-state index is 14.7. The molecule has 1 aromatic heterocycles. The van der Waals surface area contributed by atoms with E-state index in [1.54, 1.807) is 19.1 Å². The molecule has 2 heterocycles. The fourth-order valence-corrected chi connectivity index (χ4v) is 5.29. The molecule has 0 fully saturated rings. The molecule has 0 saturated heterocycles. The fraction of sp³-hybridized carbons (Fsp3) is 0.444. The molecule has 1 aliphatic carbocycles. The van der Waals surface area contributed by atoms with E-state index in [4.69, 9.17) is 9.72 Å². The molecule has 2 atom stereocenters. The van der Waals surface area contributed by atoms with E-state index < -0.39 is 5.92 Å². The van der Waals surface area contributed by atoms with Crippen LogP contribution in [0, 0.1) is 18.7 Å². The van der Waals surface area contributed by atoms with Gasteiger partial charge in [0.2, 0.25) is 0 Å². The fourth-order valence-electron chi connectivity index (χ4n) is 5.29. The van der Waals surface area contributed by atoms with Crippen molar-refractivity contribution in [3.63, 3.8) is 0 Å². The molecule has 1 amide bonds. The molecule has 5 nitrogen and oxygen atoms in total. The maximum Gasteiger partial charge on any atom is 0.252 e. The van der Waals surface area contributed by atoms with Crippen LogP contribution in [0.5, 0.6) is 0 Å². The van der Waals surface area contributed by atoms with Crippen LogP contribution in [0.15, 0.2) is 23.3 Å². The second-order valence-electron chi connectivity index (χ2n) is 9.20. The van der Waals surface area contributed by atoms with E-state index in [9.17, 15) is 14.0 Å². The summed E-state index contributed by atoms with van der Waals surface area (Å²) in [6, 6.07) is 1.53. The van der Waals surface area contributed by atoms with Gasteiger partial charge in [-0.3, -0.25) is 4.79 Å². The highest BCUT2D eigenvalue weighted by atomic mass is 19.1. The van der Waals surface area contributed by atoms with Crippen molar-refractivity contribution in [2.75, 3.05) is 20.8 Å². The molecule has 2 aromatic rings. The number of aromatic nitrogens is 1. The summed E-state index contributed by atoms with van der Waals surface area (Å²) >= 11 is 0. The number of likely N-dealkylation sites (N-methyl/N-ethyl adjacent to an activating group) is 1. The van der Waals surface area contributed by atoms with Gasteiger partial charge in [-0.1, -0.05) is 19.9 Å². The number of methoxy groups -OCH3 is 1. The number of aldehydes is 1. The number of aryl methyl sites for hydroxylation is 1. The lowest BCUT2D eigenvalue weighted by Gasteiger charge is -2.29. The minimum Gasteiger partial charge on any atom is -0.380 e. The molecule has 0 bridgehead atoms. The van der Waals surface area contributed by atoms with Crippen molar-refractivity contribution < 1.29 is 18.7 Å². The molecule has 0 radical (unpaired) electrons. The Bertz CT molecular complexity index is 1200. The number of pyridine rings is 1. The van der Waals surface area contributed by atoms with Crippen molar-refractivity contribution in [1.82, 2.24) is 9.88 Å². The normalized spacial score (nSPS) is 22.4. The zero-order valence-corrected chi connectivity index (χ0v) is 20.0. The zero-order chi connectivity index (χ0) is 23.9. The summed E-state index contributed by atoms with van der Waals surface area (Å²) in [5.41, 5.74) is 6.36. The van der Waals surface area contributed by atoms with E-state index in [1.165, 1.54) is 6.07 Å². The summed E-state index contributed by atoms with van der Waals surface area (Å²) in [4.78, 5) is 31.9. The van der Waals surface area contributed by atoms with Gasteiger partial charge in [0, 0.05) is 49.2 Å². The first-order chi connectivity index (χ1) is 15.8. The molecule has 0 saturated carbocycles. The Morgan fingerprint density at radius 1 is 1.33 bits per heavy atom. The van der Waals surface area contributed by atoms with Gasteiger partial charge in [0.25, 0.3) is 5.91 Å². The third-order valence-corrected chi connectivity index (χ3v) is 7.16. The molecule has 2 aliphatic rings. The summed E-state index contributed by atoms with van der Waals surface area (Å²) in [5, 5.41) is 1.03. The molecule has 1 aromatic carbocycles. The zero-order valence-electron chi connectivity index (χ0n) is 20.0. The lowest BCUT2D eigenvalue weighted by atomic mass is 9.79. The number of ether oxygens (including phenoxy) is 1. The number of carbonyl (C=O) groups is 2. The SMILES string of the molecule is CCC(C=O)C1=C(\COC)C(=O)N(C)Cc2c(nc3cc(F)c(C)c4c3c2C(C)CC4)\C=C\1. The number of carbonyl (C=O) groups excluding carboxylic acids is 2. The van der Waals surface area contributed by atoms with E-state index >= 15 is 0 Å². The quantitative estimate of drug-likeness (QED) is 0.609. The van der Waals surface area contributed by atoms with Gasteiger partial charge in [-0.15, -0.1) is 0 Å². The predicted molar refractivity (Wildman–Crippen MR) is 127 cm³/mol. The van der Waals surface area contributed by atoms with Crippen LogP contribution in [0.2, 0.25) is 0 Å². The number of allylic oxidation sites excluding steroid dienone is 2. The first-order valence-electron chi connectivity index (χ1n) is 11.6. The summed E-state index contributed by atoms with van der Waals surface area (Å²) < 4.78 is 20.1. The van der Waals surface area contributed by atoms with E-state index in [-0.39, 0.29) is 24.2 Å². The molecular weight excluding hydrogens is 419 g/mol. The largest absolute Gasteiger partial charge is 0.380 e. The van der Waals surface area contributed by atoms with Crippen molar-refractivity contribution in [3.8, 4) is 0 Å². The standard InChI is InChI=1S/C27H31FN2O3/c1-6-17(13-31)19-9-10-23-20(12-30(4)27(32)21(19)14-33-5)25-15(2)7-8-18-16(3)22(28)11-24(29-23)26(18)25/h9-11,13,15,17H,6-8,12,14H2,1-5H3/b10-9+,21-19+. The lowest BCUT2D eigenvalue weighted by molar-refractivity contribution is -0.127. The van der Waals surface area contributed by atoms with Gasteiger partial charge >= 0.3 is 0 Å². The number of hydrogen-bond acceptors (Lipinski definition) is 4. The number of benzene rings is 1. The minimum atomic E-state index is -0.422. The van der Waals surface area contributed by atoms with Crippen LogP contribution in [0.25, 0.3) is 17.0 Å². The molecule has 33 heavy (non-hydrogen) atoms. The first-order valence-corrected chi connectivity index (χ1v) is 11.6. The highest BCUT2D eigenvalue weighted by Gasteiger charge is 2.30. The minimum absolute atomic E-state index is 0.122. The molecule has 174 valence electrons. The smallest absolute Gasteiger partial charge is 0.252 e. The van der Waals surface area contributed by atoms with Crippen LogP contribution in [0.1, 0.15) is 60.6 Å². The topological polar surface area (TPSA) is 59.5 Å². The Hall–Kier alpha value is -2.86. The maximum absolute atomic E-state index is 14.7. The van der Waals surface area contributed by atoms with Crippen LogP contribution in [-0.2, 0) is 27.3 Å². The number of rotatable bonds is 5. The highest BCUT2D eigenvalue weighted by Crippen LogP contribution is 2.42. The highest BCUT2D eigenvalue weighted by molar-refractivity contribution is 5.97.